The van der Waals surface area contributed by atoms with E-state index in [1.807, 2.05) is 24.3 Å². The number of hydrogen-bond donors (Lipinski definition) is 2. The van der Waals surface area contributed by atoms with E-state index >= 15 is 0 Å². The van der Waals surface area contributed by atoms with Crippen molar-refractivity contribution >= 4 is 33.6 Å². The van der Waals surface area contributed by atoms with E-state index < -0.39 is 5.82 Å². The van der Waals surface area contributed by atoms with Crippen LogP contribution in [0.2, 0.25) is 0 Å². The van der Waals surface area contributed by atoms with Gasteiger partial charge in [-0.15, -0.1) is 0 Å². The van der Waals surface area contributed by atoms with Gasteiger partial charge in [0, 0.05) is 9.37 Å². The molecule has 2 rings (SSSR count). The fraction of sp³-hybridized carbons (Fsp3) is 0. The van der Waals surface area contributed by atoms with Crippen molar-refractivity contribution in [1.29, 1.82) is 0 Å². The fourth-order valence-electron chi connectivity index (χ4n) is 1.11. The van der Waals surface area contributed by atoms with E-state index in [-0.39, 0.29) is 11.0 Å². The standard InChI is InChI=1S/C10H8BrFN4S/c11-6-1-3-7(4-2-6)17-9-8(12)5-14-10(15-9)16-13/h1-5H,13H2,(H,14,15,16). The molecule has 0 saturated heterocycles. The van der Waals surface area contributed by atoms with Crippen LogP contribution in [-0.2, 0) is 0 Å². The summed E-state index contributed by atoms with van der Waals surface area (Å²) in [4.78, 5) is 8.49. The molecule has 4 nitrogen and oxygen atoms in total. The minimum Gasteiger partial charge on any atom is -0.292 e. The van der Waals surface area contributed by atoms with Crippen molar-refractivity contribution in [2.24, 2.45) is 5.84 Å². The molecule has 0 fully saturated rings. The van der Waals surface area contributed by atoms with E-state index in [0.29, 0.717) is 0 Å². The topological polar surface area (TPSA) is 63.8 Å². The third kappa shape index (κ3) is 3.15. The highest BCUT2D eigenvalue weighted by Crippen LogP contribution is 2.29. The molecule has 0 amide bonds. The van der Waals surface area contributed by atoms with Gasteiger partial charge < -0.3 is 0 Å². The quantitative estimate of drug-likeness (QED) is 0.518. The summed E-state index contributed by atoms with van der Waals surface area (Å²) in [7, 11) is 0. The van der Waals surface area contributed by atoms with E-state index in [9.17, 15) is 4.39 Å². The van der Waals surface area contributed by atoms with Gasteiger partial charge in [0.15, 0.2) is 5.82 Å². The molecular weight excluding hydrogens is 307 g/mol. The summed E-state index contributed by atoms with van der Waals surface area (Å²) < 4.78 is 14.4. The molecule has 0 aliphatic carbocycles. The Labute approximate surface area is 110 Å². The molecule has 7 heteroatoms. The number of hydrogen-bond acceptors (Lipinski definition) is 5. The zero-order valence-corrected chi connectivity index (χ0v) is 10.9. The predicted octanol–water partition coefficient (Wildman–Crippen LogP) is 2.82. The molecule has 1 aromatic heterocycles. The van der Waals surface area contributed by atoms with Crippen LogP contribution in [0.1, 0.15) is 0 Å². The molecule has 0 unspecified atom stereocenters. The van der Waals surface area contributed by atoms with Gasteiger partial charge in [-0.3, -0.25) is 5.43 Å². The molecule has 0 radical (unpaired) electrons. The Balaban J connectivity index is 2.25. The van der Waals surface area contributed by atoms with Crippen LogP contribution in [0, 0.1) is 5.82 Å². The normalized spacial score (nSPS) is 10.3. The zero-order valence-electron chi connectivity index (χ0n) is 8.52. The summed E-state index contributed by atoms with van der Waals surface area (Å²) >= 11 is 4.54. The lowest BCUT2D eigenvalue weighted by atomic mass is 10.4. The van der Waals surface area contributed by atoms with E-state index in [1.165, 1.54) is 11.8 Å². The Morgan fingerprint density at radius 3 is 2.65 bits per heavy atom. The molecule has 0 aliphatic rings. The number of nitrogens with two attached hydrogens (primary N) is 1. The van der Waals surface area contributed by atoms with Crippen LogP contribution in [0.5, 0.6) is 0 Å². The zero-order chi connectivity index (χ0) is 12.3. The Bertz CT molecular complexity index is 520. The summed E-state index contributed by atoms with van der Waals surface area (Å²) in [6, 6.07) is 7.49. The van der Waals surface area contributed by atoms with Gasteiger partial charge in [-0.2, -0.15) is 0 Å². The maximum Gasteiger partial charge on any atom is 0.238 e. The smallest absolute Gasteiger partial charge is 0.238 e. The Kier molecular flexibility index (Phi) is 3.93. The molecule has 0 atom stereocenters. The minimum atomic E-state index is -0.475. The second kappa shape index (κ2) is 5.44. The SMILES string of the molecule is NNc1ncc(F)c(Sc2ccc(Br)cc2)n1. The predicted molar refractivity (Wildman–Crippen MR) is 68.1 cm³/mol. The van der Waals surface area contributed by atoms with Gasteiger partial charge >= 0.3 is 0 Å². The van der Waals surface area contributed by atoms with Crippen molar-refractivity contribution in [2.45, 2.75) is 9.92 Å². The number of hydrazine groups is 1. The molecule has 3 N–H and O–H groups in total. The third-order valence-electron chi connectivity index (χ3n) is 1.87. The number of halogens is 2. The molecule has 0 aliphatic heterocycles. The maximum absolute atomic E-state index is 13.4. The Hall–Kier alpha value is -1.18. The van der Waals surface area contributed by atoms with Gasteiger partial charge in [0.25, 0.3) is 0 Å². The number of aromatic nitrogens is 2. The van der Waals surface area contributed by atoms with E-state index in [0.717, 1.165) is 15.6 Å². The maximum atomic E-state index is 13.4. The van der Waals surface area contributed by atoms with Gasteiger partial charge in [-0.25, -0.2) is 20.2 Å². The van der Waals surface area contributed by atoms with E-state index in [1.54, 1.807) is 0 Å². The molecule has 2 aromatic rings. The summed E-state index contributed by atoms with van der Waals surface area (Å²) in [5.41, 5.74) is 2.28. The monoisotopic (exact) mass is 314 g/mol. The lowest BCUT2D eigenvalue weighted by molar-refractivity contribution is 0.580. The highest BCUT2D eigenvalue weighted by atomic mass is 79.9. The first kappa shape index (κ1) is 12.3. The summed E-state index contributed by atoms with van der Waals surface area (Å²) in [6.07, 6.45) is 1.09. The van der Waals surface area contributed by atoms with Crippen LogP contribution >= 0.6 is 27.7 Å². The van der Waals surface area contributed by atoms with Gasteiger partial charge in [0.05, 0.1) is 6.20 Å². The van der Waals surface area contributed by atoms with Gasteiger partial charge in [-0.1, -0.05) is 27.7 Å². The van der Waals surface area contributed by atoms with Crippen molar-refractivity contribution < 1.29 is 4.39 Å². The average molecular weight is 315 g/mol. The van der Waals surface area contributed by atoms with Gasteiger partial charge in [0.2, 0.25) is 5.95 Å². The van der Waals surface area contributed by atoms with Crippen molar-refractivity contribution in [3.8, 4) is 0 Å². The van der Waals surface area contributed by atoms with E-state index in [4.69, 9.17) is 5.84 Å². The first-order valence-electron chi connectivity index (χ1n) is 4.61. The molecule has 1 aromatic carbocycles. The molecule has 0 spiro atoms. The van der Waals surface area contributed by atoms with Crippen molar-refractivity contribution in [1.82, 2.24) is 9.97 Å². The molecule has 88 valence electrons. The minimum absolute atomic E-state index is 0.186. The third-order valence-corrected chi connectivity index (χ3v) is 3.39. The summed E-state index contributed by atoms with van der Waals surface area (Å²) in [5.74, 6) is 4.88. The second-order valence-corrected chi connectivity index (χ2v) is 5.02. The van der Waals surface area contributed by atoms with Crippen molar-refractivity contribution in [2.75, 3.05) is 5.43 Å². The van der Waals surface area contributed by atoms with Gasteiger partial charge in [-0.05, 0) is 24.3 Å². The molecule has 17 heavy (non-hydrogen) atoms. The number of rotatable bonds is 3. The first-order valence-corrected chi connectivity index (χ1v) is 6.22. The summed E-state index contributed by atoms with van der Waals surface area (Å²) in [5, 5.41) is 0.232. The highest BCUT2D eigenvalue weighted by Gasteiger charge is 2.08. The van der Waals surface area contributed by atoms with Crippen LogP contribution in [0.25, 0.3) is 0 Å². The first-order chi connectivity index (χ1) is 8.19. The summed E-state index contributed by atoms with van der Waals surface area (Å²) in [6.45, 7) is 0. The van der Waals surface area contributed by atoms with Gasteiger partial charge in [0.1, 0.15) is 5.03 Å². The largest absolute Gasteiger partial charge is 0.292 e. The molecule has 0 bridgehead atoms. The lowest BCUT2D eigenvalue weighted by Crippen LogP contribution is -2.11. The fourth-order valence-corrected chi connectivity index (χ4v) is 2.15. The van der Waals surface area contributed by atoms with E-state index in [2.05, 4.69) is 31.3 Å². The van der Waals surface area contributed by atoms with Crippen LogP contribution in [0.15, 0.2) is 44.9 Å². The lowest BCUT2D eigenvalue weighted by Gasteiger charge is -2.04. The number of nitrogen functional groups attached to an aromatic ring is 1. The molecule has 0 saturated carbocycles. The van der Waals surface area contributed by atoms with Crippen LogP contribution < -0.4 is 11.3 Å². The number of anilines is 1. The van der Waals surface area contributed by atoms with Crippen LogP contribution in [0.4, 0.5) is 10.3 Å². The van der Waals surface area contributed by atoms with Crippen LogP contribution in [0.3, 0.4) is 0 Å². The van der Waals surface area contributed by atoms with Crippen LogP contribution in [-0.4, -0.2) is 9.97 Å². The number of benzene rings is 1. The number of nitrogens with zero attached hydrogens (tertiary/aromatic N) is 2. The second-order valence-electron chi connectivity index (χ2n) is 3.05. The highest BCUT2D eigenvalue weighted by molar-refractivity contribution is 9.10. The number of nitrogens with one attached hydrogen (secondary N) is 1. The average Bonchev–Trinajstić information content (AvgIpc) is 2.35. The van der Waals surface area contributed by atoms with Crippen molar-refractivity contribution in [3.05, 3.63) is 40.8 Å². The van der Waals surface area contributed by atoms with Crippen molar-refractivity contribution in [3.63, 3.8) is 0 Å². The Morgan fingerprint density at radius 2 is 2.00 bits per heavy atom. The molecule has 1 heterocycles. The molecular formula is C10H8BrFN4S. The Morgan fingerprint density at radius 1 is 1.29 bits per heavy atom.